The molecule has 1 unspecified atom stereocenters. The van der Waals surface area contributed by atoms with Gasteiger partial charge < -0.3 is 0 Å². The molecular formula is C52H31N3S. The first-order valence-electron chi connectivity index (χ1n) is 19.0. The highest BCUT2D eigenvalue weighted by Crippen LogP contribution is 2.62. The SMILES string of the molecule is c1ccc(-c2nc(-c3cccnc3)cc(-c3ccc4c(c3)C3(c5ccccc5-c5ccccc5-4)c4ccccc4-c4cc5sc6ccccc6c5cc43)n2)cc1. The number of pyridine rings is 1. The van der Waals surface area contributed by atoms with E-state index in [0.717, 1.165) is 28.1 Å². The van der Waals surface area contributed by atoms with Gasteiger partial charge in [0.1, 0.15) is 0 Å². The topological polar surface area (TPSA) is 38.7 Å². The molecule has 2 aliphatic carbocycles. The van der Waals surface area contributed by atoms with E-state index >= 15 is 0 Å². The molecule has 56 heavy (non-hydrogen) atoms. The van der Waals surface area contributed by atoms with Gasteiger partial charge in [-0.3, -0.25) is 4.98 Å². The minimum absolute atomic E-state index is 0.619. The molecule has 1 spiro atoms. The molecule has 0 aliphatic heterocycles. The van der Waals surface area contributed by atoms with Crippen LogP contribution < -0.4 is 0 Å². The van der Waals surface area contributed by atoms with Gasteiger partial charge in [-0.05, 0) is 98.1 Å². The Balaban J connectivity index is 1.22. The van der Waals surface area contributed by atoms with Crippen molar-refractivity contribution < 1.29 is 0 Å². The smallest absolute Gasteiger partial charge is 0.160 e. The van der Waals surface area contributed by atoms with E-state index in [1.54, 1.807) is 6.20 Å². The Hall–Kier alpha value is -7.01. The van der Waals surface area contributed by atoms with Gasteiger partial charge in [-0.15, -0.1) is 11.3 Å². The lowest BCUT2D eigenvalue weighted by Crippen LogP contribution is -2.29. The minimum atomic E-state index is -0.619. The summed E-state index contributed by atoms with van der Waals surface area (Å²) in [7, 11) is 0. The van der Waals surface area contributed by atoms with Gasteiger partial charge in [0.25, 0.3) is 0 Å². The summed E-state index contributed by atoms with van der Waals surface area (Å²) in [6, 6.07) is 64.4. The first-order valence-corrected chi connectivity index (χ1v) is 19.8. The van der Waals surface area contributed by atoms with Crippen LogP contribution in [0.25, 0.3) is 87.5 Å². The Kier molecular flexibility index (Phi) is 6.72. The standard InChI is InChI=1S/C52H31N3S/c1-2-13-32(14-3-1)51-54-47(30-48(55-51)34-15-12-26-53-31-34)33-24-25-39-36-17-5-4-16-35(36)37-18-6-9-21-43(37)52(45(39)27-33)44-22-10-7-19-38(44)41-29-50-42(28-46(41)52)40-20-8-11-23-49(40)56-50/h1-31H. The molecular weight excluding hydrogens is 699 g/mol. The van der Waals surface area contributed by atoms with Gasteiger partial charge in [0, 0.05) is 49.3 Å². The van der Waals surface area contributed by atoms with Gasteiger partial charge in [-0.25, -0.2) is 9.97 Å². The molecule has 3 heterocycles. The van der Waals surface area contributed by atoms with E-state index in [4.69, 9.17) is 9.97 Å². The Bertz CT molecular complexity index is 3140. The molecule has 12 rings (SSSR count). The van der Waals surface area contributed by atoms with Gasteiger partial charge in [0.2, 0.25) is 0 Å². The number of rotatable bonds is 3. The molecule has 0 amide bonds. The lowest BCUT2D eigenvalue weighted by molar-refractivity contribution is 0.777. The van der Waals surface area contributed by atoms with E-state index in [9.17, 15) is 0 Å². The summed E-state index contributed by atoms with van der Waals surface area (Å²) in [6.45, 7) is 0. The molecule has 260 valence electrons. The van der Waals surface area contributed by atoms with Crippen LogP contribution in [0.15, 0.2) is 188 Å². The molecule has 1 atom stereocenters. The Labute approximate surface area is 328 Å². The molecule has 2 aliphatic rings. The number of benzene rings is 7. The van der Waals surface area contributed by atoms with E-state index in [2.05, 4.69) is 157 Å². The summed E-state index contributed by atoms with van der Waals surface area (Å²) in [5.41, 5.74) is 16.7. The van der Waals surface area contributed by atoms with E-state index in [1.807, 2.05) is 41.8 Å². The highest BCUT2D eigenvalue weighted by atomic mass is 32.1. The molecule has 0 N–H and O–H groups in total. The third-order valence-corrected chi connectivity index (χ3v) is 12.9. The summed E-state index contributed by atoms with van der Waals surface area (Å²) in [5.74, 6) is 0.686. The maximum absolute atomic E-state index is 5.30. The lowest BCUT2D eigenvalue weighted by atomic mass is 9.65. The zero-order valence-electron chi connectivity index (χ0n) is 30.1. The molecule has 0 radical (unpaired) electrons. The van der Waals surface area contributed by atoms with Crippen molar-refractivity contribution in [3.8, 4) is 67.3 Å². The van der Waals surface area contributed by atoms with Crippen molar-refractivity contribution in [1.82, 2.24) is 15.0 Å². The van der Waals surface area contributed by atoms with Gasteiger partial charge in [0.05, 0.1) is 16.8 Å². The average Bonchev–Trinajstić information content (AvgIpc) is 3.75. The summed E-state index contributed by atoms with van der Waals surface area (Å²) >= 11 is 1.88. The van der Waals surface area contributed by atoms with Crippen LogP contribution in [-0.4, -0.2) is 15.0 Å². The first-order chi connectivity index (χ1) is 27.8. The van der Waals surface area contributed by atoms with Crippen molar-refractivity contribution in [3.05, 3.63) is 211 Å². The molecule has 0 bridgehead atoms. The third-order valence-electron chi connectivity index (χ3n) is 11.8. The number of thiophene rings is 1. The summed E-state index contributed by atoms with van der Waals surface area (Å²) in [6.07, 6.45) is 3.68. The number of fused-ring (bicyclic) bond motifs is 15. The van der Waals surface area contributed by atoms with Crippen LogP contribution in [0.1, 0.15) is 22.3 Å². The predicted octanol–water partition coefficient (Wildman–Crippen LogP) is 13.3. The van der Waals surface area contributed by atoms with Crippen LogP contribution in [-0.2, 0) is 5.41 Å². The second kappa shape index (κ2) is 12.0. The van der Waals surface area contributed by atoms with Crippen LogP contribution in [0.4, 0.5) is 0 Å². The van der Waals surface area contributed by atoms with Gasteiger partial charge in [-0.2, -0.15) is 0 Å². The van der Waals surface area contributed by atoms with Crippen molar-refractivity contribution in [2.45, 2.75) is 5.41 Å². The normalized spacial score (nSPS) is 14.9. The Morgan fingerprint density at radius 2 is 0.982 bits per heavy atom. The van der Waals surface area contributed by atoms with Crippen molar-refractivity contribution in [2.24, 2.45) is 0 Å². The number of hydrogen-bond acceptors (Lipinski definition) is 4. The van der Waals surface area contributed by atoms with Crippen molar-refractivity contribution in [3.63, 3.8) is 0 Å². The molecule has 7 aromatic carbocycles. The van der Waals surface area contributed by atoms with E-state index in [0.29, 0.717) is 5.82 Å². The molecule has 3 aromatic heterocycles. The predicted molar refractivity (Wildman–Crippen MR) is 231 cm³/mol. The van der Waals surface area contributed by atoms with Gasteiger partial charge in [0.15, 0.2) is 5.82 Å². The zero-order valence-corrected chi connectivity index (χ0v) is 31.0. The second-order valence-electron chi connectivity index (χ2n) is 14.7. The first kappa shape index (κ1) is 31.4. The van der Waals surface area contributed by atoms with Crippen LogP contribution in [0, 0.1) is 0 Å². The van der Waals surface area contributed by atoms with Crippen LogP contribution in [0.5, 0.6) is 0 Å². The van der Waals surface area contributed by atoms with Crippen LogP contribution in [0.3, 0.4) is 0 Å². The summed E-state index contributed by atoms with van der Waals surface area (Å²) in [4.78, 5) is 14.8. The number of hydrogen-bond donors (Lipinski definition) is 0. The summed E-state index contributed by atoms with van der Waals surface area (Å²) < 4.78 is 2.63. The van der Waals surface area contributed by atoms with Gasteiger partial charge >= 0.3 is 0 Å². The monoisotopic (exact) mass is 729 g/mol. The molecule has 4 heteroatoms. The van der Waals surface area contributed by atoms with Gasteiger partial charge in [-0.1, -0.05) is 133 Å². The van der Waals surface area contributed by atoms with E-state index < -0.39 is 5.41 Å². The third kappa shape index (κ3) is 4.42. The highest BCUT2D eigenvalue weighted by Gasteiger charge is 2.50. The summed E-state index contributed by atoms with van der Waals surface area (Å²) in [5, 5.41) is 2.61. The van der Waals surface area contributed by atoms with E-state index in [1.165, 1.54) is 75.8 Å². The fourth-order valence-corrected chi connectivity index (χ4v) is 10.6. The van der Waals surface area contributed by atoms with Crippen LogP contribution in [0.2, 0.25) is 0 Å². The molecule has 3 nitrogen and oxygen atoms in total. The quantitative estimate of drug-likeness (QED) is 0.182. The zero-order chi connectivity index (χ0) is 36.8. The second-order valence-corrected chi connectivity index (χ2v) is 15.8. The molecule has 0 fully saturated rings. The highest BCUT2D eigenvalue weighted by molar-refractivity contribution is 7.25. The Morgan fingerprint density at radius 1 is 0.375 bits per heavy atom. The minimum Gasteiger partial charge on any atom is -0.264 e. The Morgan fingerprint density at radius 3 is 1.73 bits per heavy atom. The van der Waals surface area contributed by atoms with E-state index in [-0.39, 0.29) is 0 Å². The van der Waals surface area contributed by atoms with Crippen molar-refractivity contribution in [2.75, 3.05) is 0 Å². The maximum atomic E-state index is 5.30. The van der Waals surface area contributed by atoms with Crippen molar-refractivity contribution >= 4 is 31.5 Å². The fourth-order valence-electron chi connectivity index (χ4n) is 9.44. The number of nitrogens with zero attached hydrogens (tertiary/aromatic N) is 3. The molecule has 0 saturated carbocycles. The largest absolute Gasteiger partial charge is 0.264 e. The van der Waals surface area contributed by atoms with Crippen molar-refractivity contribution in [1.29, 1.82) is 0 Å². The van der Waals surface area contributed by atoms with Crippen LogP contribution >= 0.6 is 11.3 Å². The maximum Gasteiger partial charge on any atom is 0.160 e. The fraction of sp³-hybridized carbons (Fsp3) is 0.0192. The average molecular weight is 730 g/mol. The lowest BCUT2D eigenvalue weighted by Gasteiger charge is -2.35. The number of aromatic nitrogens is 3. The molecule has 0 saturated heterocycles. The molecule has 10 aromatic rings.